The first-order valence-corrected chi connectivity index (χ1v) is 7.95. The van der Waals surface area contributed by atoms with Gasteiger partial charge in [-0.05, 0) is 24.6 Å². The molecule has 2 aromatic carbocycles. The van der Waals surface area contributed by atoms with E-state index in [4.69, 9.17) is 15.2 Å². The summed E-state index contributed by atoms with van der Waals surface area (Å²) in [4.78, 5) is 12.0. The molecule has 0 aliphatic rings. The average Bonchev–Trinajstić information content (AvgIpc) is 2.61. The van der Waals surface area contributed by atoms with E-state index in [1.165, 1.54) is 0 Å². The van der Waals surface area contributed by atoms with E-state index >= 15 is 0 Å². The summed E-state index contributed by atoms with van der Waals surface area (Å²) in [5, 5.41) is 2.88. The summed E-state index contributed by atoms with van der Waals surface area (Å²) in [6, 6.07) is 15.5. The monoisotopic (exact) mass is 364 g/mol. The van der Waals surface area contributed by atoms with E-state index in [2.05, 4.69) is 5.32 Å². The number of nitrogens with one attached hydrogen (secondary N) is 1. The minimum absolute atomic E-state index is 0. The highest BCUT2D eigenvalue weighted by Crippen LogP contribution is 2.27. The van der Waals surface area contributed by atoms with Crippen LogP contribution in [-0.2, 0) is 16.1 Å². The molecule has 25 heavy (non-hydrogen) atoms. The summed E-state index contributed by atoms with van der Waals surface area (Å²) in [6.45, 7) is 2.70. The molecule has 3 N–H and O–H groups in total. The molecule has 6 heteroatoms. The molecule has 0 aromatic heterocycles. The molecule has 0 aliphatic carbocycles. The Morgan fingerprint density at radius 3 is 2.40 bits per heavy atom. The van der Waals surface area contributed by atoms with Crippen molar-refractivity contribution in [3.05, 3.63) is 59.7 Å². The summed E-state index contributed by atoms with van der Waals surface area (Å²) in [5.74, 6) is 1.44. The molecule has 136 valence electrons. The summed E-state index contributed by atoms with van der Waals surface area (Å²) in [7, 11) is 1.55. The smallest absolute Gasteiger partial charge is 0.222 e. The Morgan fingerprint density at radius 2 is 1.76 bits per heavy atom. The first kappa shape index (κ1) is 21.0. The molecule has 2 aromatic rings. The van der Waals surface area contributed by atoms with Crippen molar-refractivity contribution in [2.75, 3.05) is 13.7 Å². The summed E-state index contributed by atoms with van der Waals surface area (Å²) < 4.78 is 11.1. The minimum Gasteiger partial charge on any atom is -0.457 e. The number of nitrogens with two attached hydrogens (primary N) is 1. The van der Waals surface area contributed by atoms with Crippen LogP contribution in [0.3, 0.4) is 0 Å². The maximum absolute atomic E-state index is 12.0. The number of benzene rings is 2. The second kappa shape index (κ2) is 10.7. The number of methoxy groups -OCH3 is 1. The normalized spacial score (nSPS) is 11.3. The lowest BCUT2D eigenvalue weighted by atomic mass is 10.1. The first-order chi connectivity index (χ1) is 11.6. The van der Waals surface area contributed by atoms with Crippen molar-refractivity contribution in [2.45, 2.75) is 26.0 Å². The summed E-state index contributed by atoms with van der Waals surface area (Å²) >= 11 is 0. The van der Waals surface area contributed by atoms with Crippen LogP contribution < -0.4 is 15.8 Å². The molecular formula is C19H25ClN2O3. The van der Waals surface area contributed by atoms with Crippen molar-refractivity contribution < 1.29 is 14.3 Å². The van der Waals surface area contributed by atoms with E-state index in [1.807, 2.05) is 55.5 Å². The topological polar surface area (TPSA) is 73.6 Å². The molecule has 1 unspecified atom stereocenters. The predicted molar refractivity (Wildman–Crippen MR) is 101 cm³/mol. The van der Waals surface area contributed by atoms with Crippen LogP contribution in [0.4, 0.5) is 0 Å². The van der Waals surface area contributed by atoms with Gasteiger partial charge in [0.15, 0.2) is 0 Å². The Kier molecular flexibility index (Phi) is 8.99. The SMILES string of the molecule is COC(CN)CC(=O)NCc1ccccc1Oc1ccccc1C.Cl. The Labute approximate surface area is 154 Å². The summed E-state index contributed by atoms with van der Waals surface area (Å²) in [5.41, 5.74) is 7.51. The number of carbonyl (C=O) groups excluding carboxylic acids is 1. The third kappa shape index (κ3) is 6.38. The van der Waals surface area contributed by atoms with Crippen molar-refractivity contribution in [2.24, 2.45) is 5.73 Å². The lowest BCUT2D eigenvalue weighted by Gasteiger charge is -2.15. The standard InChI is InChI=1S/C19H24N2O3.ClH/c1-14-7-3-5-9-17(14)24-18-10-6-4-8-15(18)13-21-19(22)11-16(12-20)23-2;/h3-10,16H,11-13,20H2,1-2H3,(H,21,22);1H. The molecule has 1 amide bonds. The molecule has 2 rings (SSSR count). The molecule has 0 saturated carbocycles. The Hall–Kier alpha value is -2.08. The molecule has 0 heterocycles. The average molecular weight is 365 g/mol. The highest BCUT2D eigenvalue weighted by Gasteiger charge is 2.12. The highest BCUT2D eigenvalue weighted by atomic mass is 35.5. The van der Waals surface area contributed by atoms with Crippen LogP contribution in [0.1, 0.15) is 17.5 Å². The maximum atomic E-state index is 12.0. The van der Waals surface area contributed by atoms with Gasteiger partial charge in [-0.25, -0.2) is 0 Å². The van der Waals surface area contributed by atoms with Gasteiger partial charge in [-0.2, -0.15) is 0 Å². The fraction of sp³-hybridized carbons (Fsp3) is 0.316. The Balaban J connectivity index is 0.00000312. The zero-order valence-electron chi connectivity index (χ0n) is 14.5. The molecule has 0 aliphatic heterocycles. The van der Waals surface area contributed by atoms with E-state index in [0.29, 0.717) is 13.1 Å². The van der Waals surface area contributed by atoms with Gasteiger partial charge >= 0.3 is 0 Å². The van der Waals surface area contributed by atoms with Crippen LogP contribution >= 0.6 is 12.4 Å². The number of hydrogen-bond donors (Lipinski definition) is 2. The number of carbonyl (C=O) groups is 1. The molecule has 0 bridgehead atoms. The largest absolute Gasteiger partial charge is 0.457 e. The second-order valence-corrected chi connectivity index (χ2v) is 5.55. The van der Waals surface area contributed by atoms with E-state index in [1.54, 1.807) is 7.11 Å². The van der Waals surface area contributed by atoms with Crippen LogP contribution in [0.25, 0.3) is 0 Å². The van der Waals surface area contributed by atoms with Gasteiger partial charge in [-0.3, -0.25) is 4.79 Å². The van der Waals surface area contributed by atoms with E-state index in [9.17, 15) is 4.79 Å². The quantitative estimate of drug-likeness (QED) is 0.754. The number of hydrogen-bond acceptors (Lipinski definition) is 4. The number of rotatable bonds is 8. The summed E-state index contributed by atoms with van der Waals surface area (Å²) in [6.07, 6.45) is -0.0168. The number of para-hydroxylation sites is 2. The maximum Gasteiger partial charge on any atom is 0.222 e. The molecule has 1 atom stereocenters. The Morgan fingerprint density at radius 1 is 1.12 bits per heavy atom. The van der Waals surface area contributed by atoms with Crippen LogP contribution in [0.15, 0.2) is 48.5 Å². The molecular weight excluding hydrogens is 340 g/mol. The fourth-order valence-electron chi connectivity index (χ4n) is 2.27. The van der Waals surface area contributed by atoms with Gasteiger partial charge in [0.25, 0.3) is 0 Å². The first-order valence-electron chi connectivity index (χ1n) is 7.95. The fourth-order valence-corrected chi connectivity index (χ4v) is 2.27. The van der Waals surface area contributed by atoms with Crippen LogP contribution in [0.2, 0.25) is 0 Å². The van der Waals surface area contributed by atoms with Gasteiger partial charge in [0.2, 0.25) is 5.91 Å². The van der Waals surface area contributed by atoms with Crippen molar-refractivity contribution in [3.8, 4) is 11.5 Å². The van der Waals surface area contributed by atoms with Gasteiger partial charge in [0.05, 0.1) is 12.5 Å². The Bertz CT molecular complexity index is 675. The highest BCUT2D eigenvalue weighted by molar-refractivity contribution is 5.85. The van der Waals surface area contributed by atoms with Crippen LogP contribution in [0, 0.1) is 6.92 Å². The number of aryl methyl sites for hydroxylation is 1. The molecule has 0 fully saturated rings. The molecule has 5 nitrogen and oxygen atoms in total. The van der Waals surface area contributed by atoms with Gasteiger partial charge in [-0.1, -0.05) is 36.4 Å². The van der Waals surface area contributed by atoms with Gasteiger partial charge in [0.1, 0.15) is 11.5 Å². The number of halogens is 1. The van der Waals surface area contributed by atoms with Crippen molar-refractivity contribution >= 4 is 18.3 Å². The minimum atomic E-state index is -0.261. The predicted octanol–water partition coefficient (Wildman–Crippen LogP) is 3.19. The van der Waals surface area contributed by atoms with Crippen LogP contribution in [0.5, 0.6) is 11.5 Å². The lowest BCUT2D eigenvalue weighted by molar-refractivity contribution is -0.123. The third-order valence-corrected chi connectivity index (χ3v) is 3.77. The van der Waals surface area contributed by atoms with Crippen molar-refractivity contribution in [3.63, 3.8) is 0 Å². The number of amides is 1. The van der Waals surface area contributed by atoms with Crippen molar-refractivity contribution in [1.82, 2.24) is 5.32 Å². The van der Waals surface area contributed by atoms with Crippen LogP contribution in [-0.4, -0.2) is 25.7 Å². The van der Waals surface area contributed by atoms with E-state index in [0.717, 1.165) is 22.6 Å². The van der Waals surface area contributed by atoms with E-state index in [-0.39, 0.29) is 30.8 Å². The molecule has 0 spiro atoms. The van der Waals surface area contributed by atoms with Gasteiger partial charge < -0.3 is 20.5 Å². The zero-order chi connectivity index (χ0) is 17.4. The second-order valence-electron chi connectivity index (χ2n) is 5.55. The third-order valence-electron chi connectivity index (χ3n) is 3.77. The van der Waals surface area contributed by atoms with E-state index < -0.39 is 0 Å². The molecule has 0 saturated heterocycles. The number of ether oxygens (including phenoxy) is 2. The van der Waals surface area contributed by atoms with Gasteiger partial charge in [-0.15, -0.1) is 12.4 Å². The van der Waals surface area contributed by atoms with Gasteiger partial charge in [0, 0.05) is 25.8 Å². The van der Waals surface area contributed by atoms with Crippen molar-refractivity contribution in [1.29, 1.82) is 0 Å². The lowest BCUT2D eigenvalue weighted by Crippen LogP contribution is -2.31. The zero-order valence-corrected chi connectivity index (χ0v) is 15.3. The molecule has 0 radical (unpaired) electrons.